The van der Waals surface area contributed by atoms with Crippen molar-refractivity contribution >= 4 is 23.0 Å². The lowest BCUT2D eigenvalue weighted by Gasteiger charge is -2.37. The smallest absolute Gasteiger partial charge is 0.274 e. The van der Waals surface area contributed by atoms with E-state index in [9.17, 15) is 4.79 Å². The number of pyridine rings is 1. The summed E-state index contributed by atoms with van der Waals surface area (Å²) in [6.07, 6.45) is 2.59. The van der Waals surface area contributed by atoms with E-state index in [1.165, 1.54) is 5.69 Å². The van der Waals surface area contributed by atoms with Gasteiger partial charge >= 0.3 is 0 Å². The SMILES string of the molecule is CCc1ccccc1NC(=O)c1cc(N2CCN(c3ccccc3)CC2)ccn1. The molecule has 0 unspecified atom stereocenters. The van der Waals surface area contributed by atoms with Crippen molar-refractivity contribution in [3.05, 3.63) is 84.2 Å². The van der Waals surface area contributed by atoms with E-state index in [1.807, 2.05) is 42.5 Å². The van der Waals surface area contributed by atoms with Crippen LogP contribution in [0.15, 0.2) is 72.9 Å². The molecule has 5 nitrogen and oxygen atoms in total. The highest BCUT2D eigenvalue weighted by molar-refractivity contribution is 6.03. The van der Waals surface area contributed by atoms with E-state index in [2.05, 4.69) is 51.3 Å². The lowest BCUT2D eigenvalue weighted by atomic mass is 10.1. The minimum atomic E-state index is -0.171. The standard InChI is InChI=1S/C24H26N4O/c1-2-19-8-6-7-11-22(19)26-24(29)23-18-21(12-13-25-23)28-16-14-27(15-17-28)20-9-4-3-5-10-20/h3-13,18H,2,14-17H2,1H3,(H,26,29). The van der Waals surface area contributed by atoms with E-state index in [0.29, 0.717) is 5.69 Å². The average Bonchev–Trinajstić information content (AvgIpc) is 2.80. The van der Waals surface area contributed by atoms with Gasteiger partial charge in [0.15, 0.2) is 0 Å². The lowest BCUT2D eigenvalue weighted by molar-refractivity contribution is 0.102. The summed E-state index contributed by atoms with van der Waals surface area (Å²) in [5.41, 5.74) is 4.72. The van der Waals surface area contributed by atoms with E-state index in [0.717, 1.165) is 49.5 Å². The molecule has 1 fully saturated rings. The van der Waals surface area contributed by atoms with Crippen LogP contribution in [-0.4, -0.2) is 37.1 Å². The van der Waals surface area contributed by atoms with E-state index in [1.54, 1.807) is 6.20 Å². The van der Waals surface area contributed by atoms with Crippen LogP contribution in [0.1, 0.15) is 23.0 Å². The molecule has 4 rings (SSSR count). The fourth-order valence-electron chi connectivity index (χ4n) is 3.74. The Morgan fingerprint density at radius 1 is 0.897 bits per heavy atom. The Hall–Kier alpha value is -3.34. The van der Waals surface area contributed by atoms with Crippen LogP contribution in [0, 0.1) is 0 Å². The number of benzene rings is 2. The summed E-state index contributed by atoms with van der Waals surface area (Å²) in [7, 11) is 0. The number of hydrogen-bond acceptors (Lipinski definition) is 4. The number of nitrogens with zero attached hydrogens (tertiary/aromatic N) is 3. The minimum absolute atomic E-state index is 0.171. The number of rotatable bonds is 5. The summed E-state index contributed by atoms with van der Waals surface area (Å²) in [6, 6.07) is 22.3. The second-order valence-electron chi connectivity index (χ2n) is 7.17. The maximum atomic E-state index is 12.8. The first kappa shape index (κ1) is 19.0. The lowest BCUT2D eigenvalue weighted by Crippen LogP contribution is -2.46. The van der Waals surface area contributed by atoms with Gasteiger partial charge in [-0.05, 0) is 42.3 Å². The highest BCUT2D eigenvalue weighted by Gasteiger charge is 2.19. The molecule has 148 valence electrons. The maximum Gasteiger partial charge on any atom is 0.274 e. The van der Waals surface area contributed by atoms with Gasteiger partial charge < -0.3 is 15.1 Å². The number of aromatic nitrogens is 1. The normalized spacial score (nSPS) is 14.0. The van der Waals surface area contributed by atoms with Crippen molar-refractivity contribution in [3.8, 4) is 0 Å². The van der Waals surface area contributed by atoms with Crippen LogP contribution in [0.25, 0.3) is 0 Å². The molecule has 29 heavy (non-hydrogen) atoms. The summed E-state index contributed by atoms with van der Waals surface area (Å²) in [5, 5.41) is 3.01. The summed E-state index contributed by atoms with van der Waals surface area (Å²) in [5.74, 6) is -0.171. The fraction of sp³-hybridized carbons (Fsp3) is 0.250. The molecular formula is C24H26N4O. The van der Waals surface area contributed by atoms with Gasteiger partial charge in [-0.25, -0.2) is 0 Å². The number of piperazine rings is 1. The van der Waals surface area contributed by atoms with Gasteiger partial charge in [-0.15, -0.1) is 0 Å². The summed E-state index contributed by atoms with van der Waals surface area (Å²) < 4.78 is 0. The van der Waals surface area contributed by atoms with Crippen molar-refractivity contribution < 1.29 is 4.79 Å². The average molecular weight is 386 g/mol. The number of para-hydroxylation sites is 2. The largest absolute Gasteiger partial charge is 0.368 e. The number of nitrogens with one attached hydrogen (secondary N) is 1. The first-order valence-electron chi connectivity index (χ1n) is 10.1. The van der Waals surface area contributed by atoms with Crippen LogP contribution in [0.3, 0.4) is 0 Å². The molecule has 0 bridgehead atoms. The fourth-order valence-corrected chi connectivity index (χ4v) is 3.74. The quantitative estimate of drug-likeness (QED) is 0.713. The maximum absolute atomic E-state index is 12.8. The zero-order valence-corrected chi connectivity index (χ0v) is 16.7. The number of carbonyl (C=O) groups is 1. The van der Waals surface area contributed by atoms with Crippen LogP contribution in [0.5, 0.6) is 0 Å². The molecule has 0 aliphatic carbocycles. The summed E-state index contributed by atoms with van der Waals surface area (Å²) in [6.45, 7) is 5.83. The molecule has 2 heterocycles. The van der Waals surface area contributed by atoms with Crippen molar-refractivity contribution in [2.24, 2.45) is 0 Å². The van der Waals surface area contributed by atoms with Gasteiger partial charge in [-0.2, -0.15) is 0 Å². The predicted molar refractivity (Wildman–Crippen MR) is 119 cm³/mol. The van der Waals surface area contributed by atoms with Gasteiger partial charge in [0.25, 0.3) is 5.91 Å². The first-order chi connectivity index (χ1) is 14.2. The van der Waals surface area contributed by atoms with Crippen LogP contribution >= 0.6 is 0 Å². The zero-order chi connectivity index (χ0) is 20.1. The van der Waals surface area contributed by atoms with Gasteiger partial charge in [0.05, 0.1) is 0 Å². The molecule has 1 aromatic heterocycles. The second kappa shape index (κ2) is 8.78. The minimum Gasteiger partial charge on any atom is -0.368 e. The number of hydrogen-bond donors (Lipinski definition) is 1. The highest BCUT2D eigenvalue weighted by Crippen LogP contribution is 2.22. The van der Waals surface area contributed by atoms with Crippen molar-refractivity contribution in [2.75, 3.05) is 41.3 Å². The molecule has 0 radical (unpaired) electrons. The van der Waals surface area contributed by atoms with E-state index in [4.69, 9.17) is 0 Å². The molecule has 2 aromatic carbocycles. The first-order valence-corrected chi connectivity index (χ1v) is 10.1. The van der Waals surface area contributed by atoms with Crippen molar-refractivity contribution in [2.45, 2.75) is 13.3 Å². The monoisotopic (exact) mass is 386 g/mol. The molecule has 1 aliphatic rings. The summed E-state index contributed by atoms with van der Waals surface area (Å²) in [4.78, 5) is 21.8. The number of anilines is 3. The Bertz CT molecular complexity index is 965. The molecular weight excluding hydrogens is 360 g/mol. The topological polar surface area (TPSA) is 48.5 Å². The van der Waals surface area contributed by atoms with E-state index < -0.39 is 0 Å². The molecule has 5 heteroatoms. The Morgan fingerprint density at radius 3 is 2.28 bits per heavy atom. The van der Waals surface area contributed by atoms with Gasteiger partial charge in [0, 0.05) is 49.4 Å². The second-order valence-corrected chi connectivity index (χ2v) is 7.17. The molecule has 0 spiro atoms. The van der Waals surface area contributed by atoms with Crippen LogP contribution in [0.2, 0.25) is 0 Å². The number of carbonyl (C=O) groups excluding carboxylic acids is 1. The predicted octanol–water partition coefficient (Wildman–Crippen LogP) is 4.22. The Kier molecular flexibility index (Phi) is 5.75. The third-order valence-corrected chi connectivity index (χ3v) is 5.39. The van der Waals surface area contributed by atoms with Gasteiger partial charge in [-0.3, -0.25) is 9.78 Å². The van der Waals surface area contributed by atoms with Crippen LogP contribution < -0.4 is 15.1 Å². The zero-order valence-electron chi connectivity index (χ0n) is 16.7. The van der Waals surface area contributed by atoms with Crippen molar-refractivity contribution in [1.82, 2.24) is 4.98 Å². The third kappa shape index (κ3) is 4.40. The molecule has 1 N–H and O–H groups in total. The van der Waals surface area contributed by atoms with E-state index >= 15 is 0 Å². The van der Waals surface area contributed by atoms with Crippen molar-refractivity contribution in [1.29, 1.82) is 0 Å². The van der Waals surface area contributed by atoms with Gasteiger partial charge in [0.2, 0.25) is 0 Å². The Labute approximate surface area is 172 Å². The summed E-state index contributed by atoms with van der Waals surface area (Å²) >= 11 is 0. The third-order valence-electron chi connectivity index (χ3n) is 5.39. The number of amides is 1. The van der Waals surface area contributed by atoms with Crippen LogP contribution in [-0.2, 0) is 6.42 Å². The van der Waals surface area contributed by atoms with E-state index in [-0.39, 0.29) is 5.91 Å². The highest BCUT2D eigenvalue weighted by atomic mass is 16.1. The molecule has 3 aromatic rings. The molecule has 1 saturated heterocycles. The Morgan fingerprint density at radius 2 is 1.55 bits per heavy atom. The molecule has 0 saturated carbocycles. The van der Waals surface area contributed by atoms with Crippen molar-refractivity contribution in [3.63, 3.8) is 0 Å². The van der Waals surface area contributed by atoms with Gasteiger partial charge in [0.1, 0.15) is 5.69 Å². The number of aryl methyl sites for hydroxylation is 1. The van der Waals surface area contributed by atoms with Crippen LogP contribution in [0.4, 0.5) is 17.1 Å². The Balaban J connectivity index is 1.43. The molecule has 0 atom stereocenters. The molecule has 1 aliphatic heterocycles. The van der Waals surface area contributed by atoms with Gasteiger partial charge in [-0.1, -0.05) is 43.3 Å². The molecule has 1 amide bonds.